The van der Waals surface area contributed by atoms with Crippen LogP contribution in [0.4, 0.5) is 0 Å². The van der Waals surface area contributed by atoms with Crippen molar-refractivity contribution in [3.8, 4) is 0 Å². The second kappa shape index (κ2) is 9.08. The zero-order chi connectivity index (χ0) is 18.3. The maximum atomic E-state index is 10.0. The highest BCUT2D eigenvalue weighted by atomic mass is 79.9. The molecule has 1 unspecified atom stereocenters. The fourth-order valence-corrected chi connectivity index (χ4v) is 2.45. The summed E-state index contributed by atoms with van der Waals surface area (Å²) in [6, 6.07) is 11.7. The first kappa shape index (κ1) is 19.6. The van der Waals surface area contributed by atoms with Gasteiger partial charge in [-0.05, 0) is 42.8 Å². The Balaban J connectivity index is 2.10. The van der Waals surface area contributed by atoms with E-state index in [0.717, 1.165) is 15.6 Å². The lowest BCUT2D eigenvalue weighted by Crippen LogP contribution is -2.42. The molecule has 2 aromatic rings. The lowest BCUT2D eigenvalue weighted by molar-refractivity contribution is 0.0374. The molecule has 0 aliphatic rings. The van der Waals surface area contributed by atoms with Gasteiger partial charge in [0.25, 0.3) is 0 Å². The highest BCUT2D eigenvalue weighted by Crippen LogP contribution is 2.15. The molecule has 0 bridgehead atoms. The van der Waals surface area contributed by atoms with Gasteiger partial charge >= 0.3 is 0 Å². The van der Waals surface area contributed by atoms with Crippen molar-refractivity contribution >= 4 is 21.6 Å². The van der Waals surface area contributed by atoms with E-state index in [9.17, 15) is 5.11 Å². The fourth-order valence-electron chi connectivity index (χ4n) is 2.08. The molecule has 0 saturated carbocycles. The minimum absolute atomic E-state index is 0.0541. The quantitative estimate of drug-likeness (QED) is 0.547. The zero-order valence-electron chi connectivity index (χ0n) is 14.7. The number of rotatable bonds is 7. The van der Waals surface area contributed by atoms with Crippen LogP contribution in [0.5, 0.6) is 0 Å². The number of aliphatic hydroxyl groups is 1. The molecule has 1 aromatic carbocycles. The zero-order valence-corrected chi connectivity index (χ0v) is 16.3. The standard InChI is InChI=1S/C19H24BrN3O2/c1-19(2,3)22-12-17(24)13-25-23-18(14-7-5-4-6-8-14)15-9-16(20)11-21-10-15/h4-11,17,22,24H,12-13H2,1-3H3/b23-18-. The van der Waals surface area contributed by atoms with Crippen LogP contribution in [0.1, 0.15) is 31.9 Å². The topological polar surface area (TPSA) is 66.7 Å². The largest absolute Gasteiger partial charge is 0.392 e. The summed E-state index contributed by atoms with van der Waals surface area (Å²) in [5.41, 5.74) is 2.37. The van der Waals surface area contributed by atoms with E-state index in [0.29, 0.717) is 12.3 Å². The SMILES string of the molecule is CC(C)(C)NCC(O)CO/N=C(/c1ccccc1)c1cncc(Br)c1. The Labute approximate surface area is 157 Å². The molecule has 2 rings (SSSR count). The lowest BCUT2D eigenvalue weighted by atomic mass is 10.0. The summed E-state index contributed by atoms with van der Waals surface area (Å²) < 4.78 is 0.864. The Kier molecular flexibility index (Phi) is 7.11. The molecule has 0 fully saturated rings. The minimum Gasteiger partial charge on any atom is -0.392 e. The number of pyridine rings is 1. The van der Waals surface area contributed by atoms with Crippen molar-refractivity contribution in [1.29, 1.82) is 0 Å². The molecule has 1 atom stereocenters. The molecule has 0 aliphatic heterocycles. The van der Waals surface area contributed by atoms with Gasteiger partial charge in [0.2, 0.25) is 0 Å². The smallest absolute Gasteiger partial charge is 0.144 e. The van der Waals surface area contributed by atoms with Crippen LogP contribution >= 0.6 is 15.9 Å². The van der Waals surface area contributed by atoms with E-state index in [1.807, 2.05) is 57.2 Å². The van der Waals surface area contributed by atoms with Gasteiger partial charge in [0.1, 0.15) is 18.4 Å². The Morgan fingerprint density at radius 1 is 1.24 bits per heavy atom. The molecule has 1 aromatic heterocycles. The molecule has 0 amide bonds. The van der Waals surface area contributed by atoms with Gasteiger partial charge in [0.05, 0.1) is 0 Å². The van der Waals surface area contributed by atoms with E-state index in [-0.39, 0.29) is 12.1 Å². The van der Waals surface area contributed by atoms with Gasteiger partial charge in [-0.1, -0.05) is 35.5 Å². The summed E-state index contributed by atoms with van der Waals surface area (Å²) in [4.78, 5) is 9.61. The number of β-amino-alcohol motifs (C(OH)–C–C–N with tert-alkyl or cyclic N) is 1. The third-order valence-corrected chi connectivity index (χ3v) is 3.75. The number of benzene rings is 1. The highest BCUT2D eigenvalue weighted by Gasteiger charge is 2.13. The van der Waals surface area contributed by atoms with Crippen molar-refractivity contribution in [2.24, 2.45) is 5.16 Å². The van der Waals surface area contributed by atoms with Crippen LogP contribution in [0.2, 0.25) is 0 Å². The predicted molar refractivity (Wildman–Crippen MR) is 104 cm³/mol. The Hall–Kier alpha value is -1.76. The number of nitrogens with zero attached hydrogens (tertiary/aromatic N) is 2. The van der Waals surface area contributed by atoms with Gasteiger partial charge in [0, 0.05) is 40.1 Å². The molecule has 0 aliphatic carbocycles. The molecule has 0 saturated heterocycles. The molecule has 0 spiro atoms. The number of aliphatic hydroxyl groups excluding tert-OH is 1. The number of oxime groups is 1. The average Bonchev–Trinajstić information content (AvgIpc) is 2.57. The number of halogens is 1. The lowest BCUT2D eigenvalue weighted by Gasteiger charge is -2.22. The van der Waals surface area contributed by atoms with Crippen molar-refractivity contribution in [1.82, 2.24) is 10.3 Å². The van der Waals surface area contributed by atoms with Gasteiger partial charge in [-0.15, -0.1) is 0 Å². The molecule has 25 heavy (non-hydrogen) atoms. The van der Waals surface area contributed by atoms with Crippen LogP contribution in [0.15, 0.2) is 58.4 Å². The molecule has 134 valence electrons. The van der Waals surface area contributed by atoms with Crippen molar-refractivity contribution < 1.29 is 9.94 Å². The van der Waals surface area contributed by atoms with Crippen molar-refractivity contribution in [2.75, 3.05) is 13.2 Å². The van der Waals surface area contributed by atoms with E-state index in [1.54, 1.807) is 12.4 Å². The number of aromatic nitrogens is 1. The first-order chi connectivity index (χ1) is 11.8. The Bertz CT molecular complexity index is 699. The molecular formula is C19H24BrN3O2. The van der Waals surface area contributed by atoms with Crippen LogP contribution in [0, 0.1) is 0 Å². The summed E-state index contributed by atoms with van der Waals surface area (Å²) in [5.74, 6) is 0. The van der Waals surface area contributed by atoms with Crippen LogP contribution < -0.4 is 5.32 Å². The average molecular weight is 406 g/mol. The van der Waals surface area contributed by atoms with E-state index >= 15 is 0 Å². The molecule has 5 nitrogen and oxygen atoms in total. The maximum Gasteiger partial charge on any atom is 0.144 e. The Morgan fingerprint density at radius 3 is 2.60 bits per heavy atom. The van der Waals surface area contributed by atoms with Crippen LogP contribution in [-0.2, 0) is 4.84 Å². The second-order valence-electron chi connectivity index (χ2n) is 6.78. The number of hydrogen-bond donors (Lipinski definition) is 2. The van der Waals surface area contributed by atoms with Crippen molar-refractivity contribution in [3.63, 3.8) is 0 Å². The molecule has 0 radical (unpaired) electrons. The third kappa shape index (κ3) is 6.94. The number of hydrogen-bond acceptors (Lipinski definition) is 5. The van der Waals surface area contributed by atoms with Gasteiger partial charge in [-0.2, -0.15) is 0 Å². The summed E-state index contributed by atoms with van der Waals surface area (Å²) in [7, 11) is 0. The second-order valence-corrected chi connectivity index (χ2v) is 7.69. The molecular weight excluding hydrogens is 382 g/mol. The monoisotopic (exact) mass is 405 g/mol. The van der Waals surface area contributed by atoms with E-state index in [1.165, 1.54) is 0 Å². The van der Waals surface area contributed by atoms with Gasteiger partial charge in [-0.3, -0.25) is 4.98 Å². The van der Waals surface area contributed by atoms with Crippen molar-refractivity contribution in [2.45, 2.75) is 32.4 Å². The van der Waals surface area contributed by atoms with E-state index in [2.05, 4.69) is 31.4 Å². The summed E-state index contributed by atoms with van der Waals surface area (Å²) >= 11 is 3.43. The molecule has 6 heteroatoms. The van der Waals surface area contributed by atoms with Crippen LogP contribution in [0.3, 0.4) is 0 Å². The normalized spacial score (nSPS) is 13.6. The molecule has 1 heterocycles. The first-order valence-corrected chi connectivity index (χ1v) is 8.94. The summed E-state index contributed by atoms with van der Waals surface area (Å²) in [5, 5.41) is 17.5. The van der Waals surface area contributed by atoms with Crippen LogP contribution in [0.25, 0.3) is 0 Å². The number of nitrogens with one attached hydrogen (secondary N) is 1. The van der Waals surface area contributed by atoms with E-state index < -0.39 is 6.10 Å². The highest BCUT2D eigenvalue weighted by molar-refractivity contribution is 9.10. The summed E-state index contributed by atoms with van der Waals surface area (Å²) in [6.45, 7) is 6.70. The Morgan fingerprint density at radius 2 is 1.96 bits per heavy atom. The maximum absolute atomic E-state index is 10.0. The first-order valence-electron chi connectivity index (χ1n) is 8.14. The van der Waals surface area contributed by atoms with Gasteiger partial charge in [-0.25, -0.2) is 0 Å². The fraction of sp³-hybridized carbons (Fsp3) is 0.368. The minimum atomic E-state index is -0.638. The van der Waals surface area contributed by atoms with Crippen molar-refractivity contribution in [3.05, 3.63) is 64.4 Å². The van der Waals surface area contributed by atoms with Gasteiger partial charge < -0.3 is 15.3 Å². The molecule has 2 N–H and O–H groups in total. The predicted octanol–water partition coefficient (Wildman–Crippen LogP) is 3.36. The van der Waals surface area contributed by atoms with E-state index in [4.69, 9.17) is 4.84 Å². The summed E-state index contributed by atoms with van der Waals surface area (Å²) in [6.07, 6.45) is 2.81. The van der Waals surface area contributed by atoms with Crippen LogP contribution in [-0.4, -0.2) is 40.6 Å². The van der Waals surface area contributed by atoms with Gasteiger partial charge in [0.15, 0.2) is 0 Å². The third-order valence-electron chi connectivity index (χ3n) is 3.32.